The molecule has 0 saturated carbocycles. The van der Waals surface area contributed by atoms with Crippen molar-refractivity contribution in [2.75, 3.05) is 25.5 Å². The van der Waals surface area contributed by atoms with Crippen LogP contribution in [-0.2, 0) is 10.0 Å². The van der Waals surface area contributed by atoms with E-state index in [4.69, 9.17) is 5.14 Å². The number of sulfonamides is 1. The van der Waals surface area contributed by atoms with Crippen molar-refractivity contribution in [3.8, 4) is 0 Å². The van der Waals surface area contributed by atoms with E-state index in [1.807, 2.05) is 6.07 Å². The molecule has 1 fully saturated rings. The molecule has 1 aromatic carbocycles. The Bertz CT molecular complexity index is 549. The zero-order chi connectivity index (χ0) is 14.0. The van der Waals surface area contributed by atoms with Gasteiger partial charge in [0.05, 0.1) is 4.90 Å². The Morgan fingerprint density at radius 3 is 2.53 bits per heavy atom. The highest BCUT2D eigenvalue weighted by molar-refractivity contribution is 7.89. The van der Waals surface area contributed by atoms with Gasteiger partial charge in [-0.05, 0) is 57.6 Å². The lowest BCUT2D eigenvalue weighted by Gasteiger charge is -2.30. The third-order valence-electron chi connectivity index (χ3n) is 3.58. The number of rotatable bonds is 3. The molecule has 1 aromatic rings. The van der Waals surface area contributed by atoms with Crippen LogP contribution in [0.3, 0.4) is 0 Å². The molecule has 0 aromatic heterocycles. The lowest BCUT2D eigenvalue weighted by Crippen LogP contribution is -2.36. The van der Waals surface area contributed by atoms with E-state index in [0.717, 1.165) is 31.6 Å². The average Bonchev–Trinajstić information content (AvgIpc) is 2.33. The van der Waals surface area contributed by atoms with Crippen molar-refractivity contribution in [3.63, 3.8) is 0 Å². The van der Waals surface area contributed by atoms with Crippen LogP contribution in [-0.4, -0.2) is 39.5 Å². The Morgan fingerprint density at radius 1 is 1.32 bits per heavy atom. The molecular weight excluding hydrogens is 262 g/mol. The van der Waals surface area contributed by atoms with Gasteiger partial charge in [0.25, 0.3) is 0 Å². The molecule has 0 unspecified atom stereocenters. The van der Waals surface area contributed by atoms with Crippen molar-refractivity contribution in [3.05, 3.63) is 23.8 Å². The van der Waals surface area contributed by atoms with Crippen molar-refractivity contribution in [1.82, 2.24) is 4.90 Å². The molecule has 1 aliphatic heterocycles. The van der Waals surface area contributed by atoms with Crippen molar-refractivity contribution in [2.24, 2.45) is 5.14 Å². The number of primary sulfonamides is 1. The van der Waals surface area contributed by atoms with Gasteiger partial charge in [0.15, 0.2) is 0 Å². The monoisotopic (exact) mass is 283 g/mol. The summed E-state index contributed by atoms with van der Waals surface area (Å²) in [6, 6.07) is 5.72. The van der Waals surface area contributed by atoms with Gasteiger partial charge in [-0.15, -0.1) is 0 Å². The molecule has 5 nitrogen and oxygen atoms in total. The Balaban J connectivity index is 2.14. The van der Waals surface area contributed by atoms with E-state index in [1.165, 1.54) is 0 Å². The Morgan fingerprint density at radius 2 is 1.95 bits per heavy atom. The van der Waals surface area contributed by atoms with Crippen LogP contribution in [0.15, 0.2) is 23.1 Å². The summed E-state index contributed by atoms with van der Waals surface area (Å²) in [5.74, 6) is 0. The number of hydrogen-bond acceptors (Lipinski definition) is 4. The maximum atomic E-state index is 11.5. The van der Waals surface area contributed by atoms with Gasteiger partial charge in [0.2, 0.25) is 10.0 Å². The first-order valence-electron chi connectivity index (χ1n) is 6.45. The average molecular weight is 283 g/mol. The molecule has 3 N–H and O–H groups in total. The Kier molecular flexibility index (Phi) is 4.13. The minimum Gasteiger partial charge on any atom is -0.382 e. The molecule has 0 bridgehead atoms. The quantitative estimate of drug-likeness (QED) is 0.872. The van der Waals surface area contributed by atoms with Gasteiger partial charge in [-0.3, -0.25) is 0 Å². The number of nitrogens with two attached hydrogens (primary N) is 1. The minimum atomic E-state index is -3.65. The predicted octanol–water partition coefficient (Wildman–Crippen LogP) is 1.15. The number of nitrogens with one attached hydrogen (secondary N) is 1. The second kappa shape index (κ2) is 5.48. The molecule has 19 heavy (non-hydrogen) atoms. The van der Waals surface area contributed by atoms with Gasteiger partial charge in [-0.1, -0.05) is 6.07 Å². The SMILES string of the molecule is Cc1ccc(NC2CCN(C)CC2)cc1S(N)(=O)=O. The number of anilines is 1. The topological polar surface area (TPSA) is 75.4 Å². The second-order valence-corrected chi connectivity index (χ2v) is 6.78. The Labute approximate surface area is 114 Å². The molecule has 106 valence electrons. The molecule has 1 saturated heterocycles. The summed E-state index contributed by atoms with van der Waals surface area (Å²) in [5.41, 5.74) is 1.50. The van der Waals surface area contributed by atoms with E-state index in [0.29, 0.717) is 11.6 Å². The third-order valence-corrected chi connectivity index (χ3v) is 4.64. The molecule has 0 aliphatic carbocycles. The largest absolute Gasteiger partial charge is 0.382 e. The fourth-order valence-electron chi connectivity index (χ4n) is 2.39. The van der Waals surface area contributed by atoms with E-state index in [1.54, 1.807) is 19.1 Å². The second-order valence-electron chi connectivity index (χ2n) is 5.25. The molecular formula is C13H21N3O2S. The van der Waals surface area contributed by atoms with Crippen LogP contribution in [0.1, 0.15) is 18.4 Å². The molecule has 6 heteroatoms. The van der Waals surface area contributed by atoms with Crippen LogP contribution in [0.5, 0.6) is 0 Å². The van der Waals surface area contributed by atoms with Crippen LogP contribution in [0.25, 0.3) is 0 Å². The number of benzene rings is 1. The van der Waals surface area contributed by atoms with Gasteiger partial charge in [0, 0.05) is 11.7 Å². The van der Waals surface area contributed by atoms with Gasteiger partial charge in [-0.2, -0.15) is 0 Å². The van der Waals surface area contributed by atoms with Crippen LogP contribution >= 0.6 is 0 Å². The number of likely N-dealkylation sites (tertiary alicyclic amines) is 1. The summed E-state index contributed by atoms with van der Waals surface area (Å²) in [6.07, 6.45) is 2.13. The first-order chi connectivity index (χ1) is 8.86. The molecule has 0 atom stereocenters. The van der Waals surface area contributed by atoms with Crippen molar-refractivity contribution in [2.45, 2.75) is 30.7 Å². The van der Waals surface area contributed by atoms with E-state index in [2.05, 4.69) is 17.3 Å². The van der Waals surface area contributed by atoms with Crippen molar-refractivity contribution < 1.29 is 8.42 Å². The van der Waals surface area contributed by atoms with Gasteiger partial charge in [0.1, 0.15) is 0 Å². The highest BCUT2D eigenvalue weighted by Crippen LogP contribution is 2.21. The molecule has 1 aliphatic rings. The lowest BCUT2D eigenvalue weighted by molar-refractivity contribution is 0.264. The summed E-state index contributed by atoms with van der Waals surface area (Å²) in [7, 11) is -1.54. The number of aryl methyl sites for hydroxylation is 1. The number of piperidine rings is 1. The maximum absolute atomic E-state index is 11.5. The molecule has 0 radical (unpaired) electrons. The Hall–Kier alpha value is -1.11. The third kappa shape index (κ3) is 3.68. The van der Waals surface area contributed by atoms with Gasteiger partial charge in [-0.25, -0.2) is 13.6 Å². The van der Waals surface area contributed by atoms with E-state index in [9.17, 15) is 8.42 Å². The molecule has 0 spiro atoms. The summed E-state index contributed by atoms with van der Waals surface area (Å²) >= 11 is 0. The highest BCUT2D eigenvalue weighted by atomic mass is 32.2. The summed E-state index contributed by atoms with van der Waals surface area (Å²) in [5, 5.41) is 8.61. The molecule has 2 rings (SSSR count). The van der Waals surface area contributed by atoms with E-state index >= 15 is 0 Å². The molecule has 1 heterocycles. The normalized spacial score (nSPS) is 18.5. The van der Waals surface area contributed by atoms with Crippen LogP contribution in [0, 0.1) is 6.92 Å². The number of nitrogens with zero attached hydrogens (tertiary/aromatic N) is 1. The van der Waals surface area contributed by atoms with E-state index < -0.39 is 10.0 Å². The first-order valence-corrected chi connectivity index (χ1v) is 7.99. The van der Waals surface area contributed by atoms with Crippen molar-refractivity contribution >= 4 is 15.7 Å². The van der Waals surface area contributed by atoms with Gasteiger partial charge >= 0.3 is 0 Å². The zero-order valence-corrected chi connectivity index (χ0v) is 12.2. The van der Waals surface area contributed by atoms with Gasteiger partial charge < -0.3 is 10.2 Å². The van der Waals surface area contributed by atoms with Crippen LogP contribution < -0.4 is 10.5 Å². The fourth-order valence-corrected chi connectivity index (χ4v) is 3.19. The standard InChI is InChI=1S/C13H21N3O2S/c1-10-3-4-12(9-13(10)19(14,17)18)15-11-5-7-16(2)8-6-11/h3-4,9,11,15H,5-8H2,1-2H3,(H2,14,17,18). The molecule has 0 amide bonds. The number of hydrogen-bond donors (Lipinski definition) is 2. The minimum absolute atomic E-state index is 0.199. The first kappa shape index (κ1) is 14.3. The summed E-state index contributed by atoms with van der Waals surface area (Å²) < 4.78 is 23.0. The maximum Gasteiger partial charge on any atom is 0.238 e. The summed E-state index contributed by atoms with van der Waals surface area (Å²) in [4.78, 5) is 2.49. The smallest absolute Gasteiger partial charge is 0.238 e. The fraction of sp³-hybridized carbons (Fsp3) is 0.538. The zero-order valence-electron chi connectivity index (χ0n) is 11.4. The highest BCUT2D eigenvalue weighted by Gasteiger charge is 2.17. The predicted molar refractivity (Wildman–Crippen MR) is 76.7 cm³/mol. The van der Waals surface area contributed by atoms with Crippen LogP contribution in [0.2, 0.25) is 0 Å². The van der Waals surface area contributed by atoms with Crippen molar-refractivity contribution in [1.29, 1.82) is 0 Å². The van der Waals surface area contributed by atoms with Crippen LogP contribution in [0.4, 0.5) is 5.69 Å². The summed E-state index contributed by atoms with van der Waals surface area (Å²) in [6.45, 7) is 3.87. The van der Waals surface area contributed by atoms with E-state index in [-0.39, 0.29) is 4.90 Å². The lowest BCUT2D eigenvalue weighted by atomic mass is 10.1.